The van der Waals surface area contributed by atoms with Crippen molar-refractivity contribution < 1.29 is 18.0 Å². The molecule has 0 aromatic heterocycles. The van der Waals surface area contributed by atoms with Crippen LogP contribution in [-0.4, -0.2) is 5.91 Å². The minimum absolute atomic E-state index is 0.0376. The van der Waals surface area contributed by atoms with Crippen molar-refractivity contribution in [2.24, 2.45) is 0 Å². The summed E-state index contributed by atoms with van der Waals surface area (Å²) in [6.45, 7) is 1.53. The number of amides is 1. The van der Waals surface area contributed by atoms with Crippen molar-refractivity contribution in [3.8, 4) is 0 Å². The van der Waals surface area contributed by atoms with E-state index in [9.17, 15) is 18.0 Å². The van der Waals surface area contributed by atoms with Crippen LogP contribution in [0.2, 0.25) is 0 Å². The maximum Gasteiger partial charge on any atom is 0.253 e. The van der Waals surface area contributed by atoms with Crippen molar-refractivity contribution in [3.05, 3.63) is 65.0 Å². The Morgan fingerprint density at radius 3 is 2.52 bits per heavy atom. The Morgan fingerprint density at radius 1 is 1.14 bits per heavy atom. The molecule has 0 aliphatic carbocycles. The van der Waals surface area contributed by atoms with Gasteiger partial charge in [-0.15, -0.1) is 0 Å². The van der Waals surface area contributed by atoms with Crippen LogP contribution in [-0.2, 0) is 0 Å². The highest BCUT2D eigenvalue weighted by Crippen LogP contribution is 2.20. The zero-order valence-electron chi connectivity index (χ0n) is 11.2. The van der Waals surface area contributed by atoms with E-state index in [0.29, 0.717) is 0 Å². The maximum absolute atomic E-state index is 13.6. The Labute approximate surface area is 119 Å². The first-order valence-electron chi connectivity index (χ1n) is 6.20. The van der Waals surface area contributed by atoms with Crippen molar-refractivity contribution >= 4 is 11.6 Å². The Kier molecular flexibility index (Phi) is 4.16. The number of hydrogen-bond acceptors (Lipinski definition) is 2. The van der Waals surface area contributed by atoms with E-state index in [4.69, 9.17) is 5.73 Å². The van der Waals surface area contributed by atoms with Crippen LogP contribution < -0.4 is 11.1 Å². The molecule has 0 fully saturated rings. The van der Waals surface area contributed by atoms with Crippen LogP contribution in [0.15, 0.2) is 36.4 Å². The van der Waals surface area contributed by atoms with E-state index >= 15 is 0 Å². The molecule has 0 heterocycles. The van der Waals surface area contributed by atoms with Gasteiger partial charge in [0, 0.05) is 11.6 Å². The number of hydrogen-bond donors (Lipinski definition) is 2. The quantitative estimate of drug-likeness (QED) is 0.854. The summed E-state index contributed by atoms with van der Waals surface area (Å²) < 4.78 is 39.8. The fourth-order valence-electron chi connectivity index (χ4n) is 1.94. The molecule has 0 saturated carbocycles. The van der Waals surface area contributed by atoms with Crippen LogP contribution in [0, 0.1) is 17.5 Å². The molecule has 2 rings (SSSR count). The van der Waals surface area contributed by atoms with E-state index in [-0.39, 0.29) is 16.8 Å². The van der Waals surface area contributed by atoms with Crippen LogP contribution in [0.1, 0.15) is 28.9 Å². The zero-order valence-corrected chi connectivity index (χ0v) is 11.2. The molecule has 110 valence electrons. The minimum Gasteiger partial charge on any atom is -0.396 e. The van der Waals surface area contributed by atoms with E-state index in [2.05, 4.69) is 5.32 Å². The zero-order chi connectivity index (χ0) is 15.6. The van der Waals surface area contributed by atoms with Gasteiger partial charge in [-0.05, 0) is 25.1 Å². The molecule has 1 amide bonds. The third-order valence-corrected chi connectivity index (χ3v) is 3.07. The third-order valence-electron chi connectivity index (χ3n) is 3.07. The number of carbonyl (C=O) groups excluding carboxylic acids is 1. The van der Waals surface area contributed by atoms with Crippen LogP contribution in [0.5, 0.6) is 0 Å². The number of halogens is 3. The van der Waals surface area contributed by atoms with Crippen molar-refractivity contribution in [2.75, 3.05) is 5.73 Å². The van der Waals surface area contributed by atoms with Gasteiger partial charge in [0.25, 0.3) is 5.91 Å². The molecule has 1 atom stereocenters. The molecule has 3 N–H and O–H groups in total. The van der Waals surface area contributed by atoms with Gasteiger partial charge < -0.3 is 11.1 Å². The van der Waals surface area contributed by atoms with E-state index in [1.54, 1.807) is 0 Å². The molecule has 3 nitrogen and oxygen atoms in total. The van der Waals surface area contributed by atoms with E-state index in [0.717, 1.165) is 18.2 Å². The lowest BCUT2D eigenvalue weighted by Crippen LogP contribution is -2.28. The SMILES string of the molecule is CC(NC(=O)c1cccc(F)c1N)c1ccc(F)cc1F. The molecule has 0 spiro atoms. The van der Waals surface area contributed by atoms with Crippen LogP contribution in [0.3, 0.4) is 0 Å². The molecule has 2 aromatic rings. The fraction of sp³-hybridized carbons (Fsp3) is 0.133. The lowest BCUT2D eigenvalue weighted by Gasteiger charge is -2.16. The van der Waals surface area contributed by atoms with Crippen LogP contribution in [0.4, 0.5) is 18.9 Å². The fourth-order valence-corrected chi connectivity index (χ4v) is 1.94. The summed E-state index contributed by atoms with van der Waals surface area (Å²) in [5.41, 5.74) is 5.30. The van der Waals surface area contributed by atoms with Crippen molar-refractivity contribution in [2.45, 2.75) is 13.0 Å². The first-order chi connectivity index (χ1) is 9.90. The Morgan fingerprint density at radius 2 is 1.86 bits per heavy atom. The highest BCUT2D eigenvalue weighted by molar-refractivity contribution is 5.99. The number of nitrogens with two attached hydrogens (primary N) is 1. The molecule has 0 aliphatic heterocycles. The summed E-state index contributed by atoms with van der Waals surface area (Å²) in [5.74, 6) is -2.81. The summed E-state index contributed by atoms with van der Waals surface area (Å²) in [6.07, 6.45) is 0. The Bertz CT molecular complexity index is 689. The smallest absolute Gasteiger partial charge is 0.253 e. The monoisotopic (exact) mass is 294 g/mol. The van der Waals surface area contributed by atoms with Gasteiger partial charge in [0.15, 0.2) is 0 Å². The molecule has 0 radical (unpaired) electrons. The average Bonchev–Trinajstić information content (AvgIpc) is 2.41. The highest BCUT2D eigenvalue weighted by Gasteiger charge is 2.18. The second kappa shape index (κ2) is 5.87. The number of para-hydroxylation sites is 1. The second-order valence-electron chi connectivity index (χ2n) is 4.56. The Hall–Kier alpha value is -2.50. The summed E-state index contributed by atoms with van der Waals surface area (Å²) >= 11 is 0. The first kappa shape index (κ1) is 14.9. The second-order valence-corrected chi connectivity index (χ2v) is 4.56. The van der Waals surface area contributed by atoms with Crippen LogP contribution in [0.25, 0.3) is 0 Å². The number of carbonyl (C=O) groups is 1. The molecule has 0 aliphatic rings. The van der Waals surface area contributed by atoms with E-state index in [1.165, 1.54) is 25.1 Å². The van der Waals surface area contributed by atoms with Gasteiger partial charge in [-0.3, -0.25) is 4.79 Å². The number of anilines is 1. The average molecular weight is 294 g/mol. The molecular formula is C15H13F3N2O. The van der Waals surface area contributed by atoms with E-state index in [1.807, 2.05) is 0 Å². The molecule has 21 heavy (non-hydrogen) atoms. The van der Waals surface area contributed by atoms with E-state index < -0.39 is 29.4 Å². The molecular weight excluding hydrogens is 281 g/mol. The van der Waals surface area contributed by atoms with Crippen molar-refractivity contribution in [1.29, 1.82) is 0 Å². The molecule has 6 heteroatoms. The lowest BCUT2D eigenvalue weighted by atomic mass is 10.1. The lowest BCUT2D eigenvalue weighted by molar-refractivity contribution is 0.0940. The number of nitrogens with one attached hydrogen (secondary N) is 1. The minimum atomic E-state index is -0.769. The van der Waals surface area contributed by atoms with Gasteiger partial charge in [0.05, 0.1) is 17.3 Å². The topological polar surface area (TPSA) is 55.1 Å². The third kappa shape index (κ3) is 3.16. The van der Waals surface area contributed by atoms with Crippen LogP contribution >= 0.6 is 0 Å². The van der Waals surface area contributed by atoms with Gasteiger partial charge in [0.2, 0.25) is 0 Å². The predicted octanol–water partition coefficient (Wildman–Crippen LogP) is 3.18. The normalized spacial score (nSPS) is 12.0. The largest absolute Gasteiger partial charge is 0.396 e. The van der Waals surface area contributed by atoms with Gasteiger partial charge in [-0.2, -0.15) is 0 Å². The first-order valence-corrected chi connectivity index (χ1v) is 6.20. The maximum atomic E-state index is 13.6. The Balaban J connectivity index is 2.21. The summed E-state index contributed by atoms with van der Waals surface area (Å²) in [5, 5.41) is 2.49. The standard InChI is InChI=1S/C15H13F3N2O/c1-8(10-6-5-9(16)7-13(10)18)20-15(21)11-3-2-4-12(17)14(11)19/h2-8H,19H2,1H3,(H,20,21). The molecule has 2 aromatic carbocycles. The number of rotatable bonds is 3. The van der Waals surface area contributed by atoms with Gasteiger partial charge in [0.1, 0.15) is 17.5 Å². The van der Waals surface area contributed by atoms with Crippen molar-refractivity contribution in [1.82, 2.24) is 5.32 Å². The number of nitrogen functional groups attached to an aromatic ring is 1. The number of benzene rings is 2. The summed E-state index contributed by atoms with van der Waals surface area (Å²) in [7, 11) is 0. The molecule has 0 saturated heterocycles. The highest BCUT2D eigenvalue weighted by atomic mass is 19.1. The van der Waals surface area contributed by atoms with Gasteiger partial charge >= 0.3 is 0 Å². The summed E-state index contributed by atoms with van der Waals surface area (Å²) in [6, 6.07) is 6.19. The molecule has 0 bridgehead atoms. The summed E-state index contributed by atoms with van der Waals surface area (Å²) in [4.78, 5) is 12.0. The van der Waals surface area contributed by atoms with Crippen molar-refractivity contribution in [3.63, 3.8) is 0 Å². The van der Waals surface area contributed by atoms with Gasteiger partial charge in [-0.1, -0.05) is 12.1 Å². The van der Waals surface area contributed by atoms with Gasteiger partial charge in [-0.25, -0.2) is 13.2 Å². The molecule has 1 unspecified atom stereocenters. The predicted molar refractivity (Wildman–Crippen MR) is 73.1 cm³/mol.